The van der Waals surface area contributed by atoms with E-state index >= 15 is 0 Å². The lowest BCUT2D eigenvalue weighted by atomic mass is 9.83. The Balaban J connectivity index is 2.37. The van der Waals surface area contributed by atoms with Crippen molar-refractivity contribution in [1.82, 2.24) is 15.5 Å². The fourth-order valence-electron chi connectivity index (χ4n) is 4.14. The molecule has 5 atom stereocenters. The summed E-state index contributed by atoms with van der Waals surface area (Å²) in [6, 6.07) is 1.34. The van der Waals surface area contributed by atoms with E-state index in [2.05, 4.69) is 29.3 Å². The average molecular weight is 407 g/mol. The van der Waals surface area contributed by atoms with Crippen LogP contribution in [0.2, 0.25) is 0 Å². The maximum absolute atomic E-state index is 13.1. The summed E-state index contributed by atoms with van der Waals surface area (Å²) in [4.78, 5) is 38.5. The van der Waals surface area contributed by atoms with Crippen LogP contribution >= 0.6 is 12.6 Å². The monoisotopic (exact) mass is 406 g/mol. The summed E-state index contributed by atoms with van der Waals surface area (Å²) in [7, 11) is 1.68. The fourth-order valence-corrected chi connectivity index (χ4v) is 4.29. The molecule has 3 amide bonds. The van der Waals surface area contributed by atoms with Gasteiger partial charge in [0.1, 0.15) is 6.04 Å². The number of thiol groups is 1. The second-order valence-corrected chi connectivity index (χ2v) is 8.61. The first-order valence-electron chi connectivity index (χ1n) is 9.84. The summed E-state index contributed by atoms with van der Waals surface area (Å²) in [6.07, 6.45) is 6.58. The van der Waals surface area contributed by atoms with Crippen LogP contribution in [-0.4, -0.2) is 47.1 Å². The molecule has 0 aromatic rings. The number of carbonyl (C=O) groups excluding carboxylic acids is 3. The van der Waals surface area contributed by atoms with Gasteiger partial charge in [0.2, 0.25) is 11.8 Å². The van der Waals surface area contributed by atoms with Gasteiger partial charge in [-0.1, -0.05) is 38.6 Å². The SMILES string of the molecule is CC(C)CC1C(C#N)CC2CC(C/C=C/CC(NC(=O)S)C(=O)N1C)NC2=O. The summed E-state index contributed by atoms with van der Waals surface area (Å²) in [5.74, 6) is -0.642. The van der Waals surface area contributed by atoms with E-state index in [9.17, 15) is 19.6 Å². The second-order valence-electron chi connectivity index (χ2n) is 8.20. The maximum atomic E-state index is 13.1. The Morgan fingerprint density at radius 2 is 2.04 bits per heavy atom. The normalized spacial score (nSPS) is 32.6. The fraction of sp³-hybridized carbons (Fsp3) is 0.700. The Bertz CT molecular complexity index is 673. The molecule has 2 aliphatic heterocycles. The number of fused-ring (bicyclic) bond motifs is 2. The lowest BCUT2D eigenvalue weighted by Crippen LogP contribution is -2.51. The first kappa shape index (κ1) is 22.3. The smallest absolute Gasteiger partial charge is 0.276 e. The third kappa shape index (κ3) is 5.74. The van der Waals surface area contributed by atoms with Gasteiger partial charge in [0.25, 0.3) is 5.24 Å². The largest absolute Gasteiger partial charge is 0.353 e. The van der Waals surface area contributed by atoms with Crippen LogP contribution in [0, 0.1) is 29.1 Å². The average Bonchev–Trinajstić information content (AvgIpc) is 2.97. The molecule has 2 aliphatic rings. The highest BCUT2D eigenvalue weighted by Gasteiger charge is 2.38. The van der Waals surface area contributed by atoms with Crippen molar-refractivity contribution in [3.63, 3.8) is 0 Å². The number of nitrogens with one attached hydrogen (secondary N) is 2. The lowest BCUT2D eigenvalue weighted by molar-refractivity contribution is -0.135. The van der Waals surface area contributed by atoms with Gasteiger partial charge >= 0.3 is 0 Å². The van der Waals surface area contributed by atoms with Gasteiger partial charge in [-0.2, -0.15) is 5.26 Å². The van der Waals surface area contributed by atoms with Crippen molar-refractivity contribution in [2.24, 2.45) is 17.8 Å². The highest BCUT2D eigenvalue weighted by Crippen LogP contribution is 2.30. The third-order valence-electron chi connectivity index (χ3n) is 5.57. The minimum absolute atomic E-state index is 0.00630. The maximum Gasteiger partial charge on any atom is 0.276 e. The number of nitriles is 1. The summed E-state index contributed by atoms with van der Waals surface area (Å²) in [5, 5.41) is 14.9. The number of hydrogen-bond donors (Lipinski definition) is 3. The molecule has 5 unspecified atom stereocenters. The molecule has 0 aromatic carbocycles. The lowest BCUT2D eigenvalue weighted by Gasteiger charge is -2.35. The van der Waals surface area contributed by atoms with Gasteiger partial charge < -0.3 is 15.5 Å². The van der Waals surface area contributed by atoms with Crippen LogP contribution in [0.25, 0.3) is 0 Å². The Hall–Kier alpha value is -2.01. The molecule has 0 spiro atoms. The van der Waals surface area contributed by atoms with E-state index < -0.39 is 17.2 Å². The van der Waals surface area contributed by atoms with E-state index in [-0.39, 0.29) is 35.7 Å². The number of carbonyl (C=O) groups is 3. The van der Waals surface area contributed by atoms with E-state index in [4.69, 9.17) is 0 Å². The minimum atomic E-state index is -0.729. The molecule has 28 heavy (non-hydrogen) atoms. The Morgan fingerprint density at radius 3 is 2.64 bits per heavy atom. The van der Waals surface area contributed by atoms with E-state index in [1.807, 2.05) is 26.0 Å². The Labute approximate surface area is 172 Å². The standard InChI is InChI=1S/C20H30N4O3S/c1-12(2)8-17-14(11-21)9-13-10-15(22-18(13)25)6-4-5-7-16(23-20(27)28)19(26)24(17)3/h4-5,12-17H,6-10H2,1-3H3,(H,22,25)(H2,23,27,28)/b5-4+. The van der Waals surface area contributed by atoms with Crippen molar-refractivity contribution in [1.29, 1.82) is 5.26 Å². The van der Waals surface area contributed by atoms with Crippen molar-refractivity contribution in [2.45, 2.75) is 64.1 Å². The number of amides is 3. The molecule has 2 rings (SSSR count). The van der Waals surface area contributed by atoms with Crippen molar-refractivity contribution in [3.05, 3.63) is 12.2 Å². The van der Waals surface area contributed by atoms with Crippen LogP contribution in [-0.2, 0) is 9.59 Å². The molecule has 1 fully saturated rings. The van der Waals surface area contributed by atoms with Crippen LogP contribution < -0.4 is 10.6 Å². The Kier molecular flexibility index (Phi) is 7.93. The molecule has 2 bridgehead atoms. The van der Waals surface area contributed by atoms with Crippen molar-refractivity contribution < 1.29 is 14.4 Å². The molecular formula is C20H30N4O3S. The number of hydrogen-bond acceptors (Lipinski definition) is 4. The molecule has 0 aromatic heterocycles. The van der Waals surface area contributed by atoms with E-state index in [0.29, 0.717) is 32.1 Å². The zero-order valence-corrected chi connectivity index (χ0v) is 17.6. The van der Waals surface area contributed by atoms with Crippen LogP contribution in [0.3, 0.4) is 0 Å². The van der Waals surface area contributed by atoms with E-state index in [1.54, 1.807) is 11.9 Å². The van der Waals surface area contributed by atoms with Crippen LogP contribution in [0.1, 0.15) is 46.0 Å². The predicted molar refractivity (Wildman–Crippen MR) is 109 cm³/mol. The Morgan fingerprint density at radius 1 is 1.36 bits per heavy atom. The van der Waals surface area contributed by atoms with E-state index in [1.165, 1.54) is 0 Å². The van der Waals surface area contributed by atoms with Crippen molar-refractivity contribution in [3.8, 4) is 6.07 Å². The highest BCUT2D eigenvalue weighted by molar-refractivity contribution is 7.96. The first-order chi connectivity index (χ1) is 13.2. The van der Waals surface area contributed by atoms with Crippen LogP contribution in [0.5, 0.6) is 0 Å². The molecule has 2 N–H and O–H groups in total. The molecule has 0 radical (unpaired) electrons. The van der Waals surface area contributed by atoms with Crippen molar-refractivity contribution >= 4 is 29.7 Å². The van der Waals surface area contributed by atoms with Gasteiger partial charge in [0, 0.05) is 25.0 Å². The molecule has 0 aliphatic carbocycles. The summed E-state index contributed by atoms with van der Waals surface area (Å²) >= 11 is 3.76. The molecule has 2 heterocycles. The van der Waals surface area contributed by atoms with E-state index in [0.717, 1.165) is 0 Å². The van der Waals surface area contributed by atoms with Gasteiger partial charge in [0.15, 0.2) is 0 Å². The van der Waals surface area contributed by atoms with Crippen molar-refractivity contribution in [2.75, 3.05) is 7.05 Å². The molecular weight excluding hydrogens is 376 g/mol. The van der Waals surface area contributed by atoms with Crippen LogP contribution in [0.4, 0.5) is 4.79 Å². The molecule has 0 saturated carbocycles. The van der Waals surface area contributed by atoms with Gasteiger partial charge in [-0.05, 0) is 38.0 Å². The summed E-state index contributed by atoms with van der Waals surface area (Å²) in [6.45, 7) is 4.09. The molecule has 154 valence electrons. The summed E-state index contributed by atoms with van der Waals surface area (Å²) in [5.41, 5.74) is 0. The highest BCUT2D eigenvalue weighted by atomic mass is 32.1. The second kappa shape index (κ2) is 9.97. The van der Waals surface area contributed by atoms with Gasteiger partial charge in [-0.25, -0.2) is 0 Å². The summed E-state index contributed by atoms with van der Waals surface area (Å²) < 4.78 is 0. The zero-order valence-electron chi connectivity index (χ0n) is 16.7. The first-order valence-corrected chi connectivity index (χ1v) is 10.3. The zero-order chi connectivity index (χ0) is 20.8. The quantitative estimate of drug-likeness (QED) is 0.494. The number of nitrogens with zero attached hydrogens (tertiary/aromatic N) is 2. The predicted octanol–water partition coefficient (Wildman–Crippen LogP) is 2.25. The van der Waals surface area contributed by atoms with Gasteiger partial charge in [0.05, 0.1) is 12.0 Å². The third-order valence-corrected chi connectivity index (χ3v) is 5.70. The minimum Gasteiger partial charge on any atom is -0.353 e. The topological polar surface area (TPSA) is 102 Å². The number of likely N-dealkylation sites (N-methyl/N-ethyl adjacent to an activating group) is 1. The molecule has 1 saturated heterocycles. The number of rotatable bonds is 3. The van der Waals surface area contributed by atoms with Gasteiger partial charge in [-0.3, -0.25) is 14.4 Å². The van der Waals surface area contributed by atoms with Gasteiger partial charge in [-0.15, -0.1) is 0 Å². The molecule has 8 heteroatoms. The molecule has 7 nitrogen and oxygen atoms in total. The van der Waals surface area contributed by atoms with Crippen LogP contribution in [0.15, 0.2) is 12.2 Å².